The van der Waals surface area contributed by atoms with E-state index in [1.165, 1.54) is 165 Å². The number of hydrogen-bond donors (Lipinski definition) is 1. The lowest BCUT2D eigenvalue weighted by molar-refractivity contribution is 0.456. The third-order valence-corrected chi connectivity index (χ3v) is 7.80. The molecule has 1 rings (SSSR count). The number of benzene rings is 1. The fraction of sp³-hybridized carbons (Fsp3) is 0.824. The van der Waals surface area contributed by atoms with E-state index in [4.69, 9.17) is 0 Å². The smallest absolute Gasteiger partial charge is 0.121 e. The van der Waals surface area contributed by atoms with E-state index >= 15 is 0 Å². The van der Waals surface area contributed by atoms with Crippen LogP contribution in [0, 0.1) is 0 Å². The van der Waals surface area contributed by atoms with Gasteiger partial charge in [0.1, 0.15) is 5.75 Å². The van der Waals surface area contributed by atoms with Gasteiger partial charge in [-0.05, 0) is 36.8 Å². The highest BCUT2D eigenvalue weighted by Crippen LogP contribution is 2.26. The first-order chi connectivity index (χ1) is 17.3. The van der Waals surface area contributed by atoms with Crippen molar-refractivity contribution in [2.24, 2.45) is 0 Å². The Bertz CT molecular complexity index is 517. The summed E-state index contributed by atoms with van der Waals surface area (Å²) in [5, 5.41) is 10.7. The van der Waals surface area contributed by atoms with Gasteiger partial charge in [-0.2, -0.15) is 0 Å². The monoisotopic (exact) mass is 486 g/mol. The first-order valence-electron chi connectivity index (χ1n) is 16.1. The van der Waals surface area contributed by atoms with Crippen LogP contribution in [-0.4, -0.2) is 5.11 Å². The quantitative estimate of drug-likeness (QED) is 0.129. The summed E-state index contributed by atoms with van der Waals surface area (Å²) >= 11 is 0. The zero-order chi connectivity index (χ0) is 25.2. The van der Waals surface area contributed by atoms with E-state index < -0.39 is 0 Å². The van der Waals surface area contributed by atoms with E-state index in [1.807, 2.05) is 0 Å². The van der Waals surface area contributed by atoms with Crippen LogP contribution in [0.5, 0.6) is 5.75 Å². The second-order valence-electron chi connectivity index (χ2n) is 11.2. The molecule has 0 amide bonds. The predicted octanol–water partition coefficient (Wildman–Crippen LogP) is 11.9. The first kappa shape index (κ1) is 32.0. The number of aryl methyl sites for hydroxylation is 2. The summed E-state index contributed by atoms with van der Waals surface area (Å²) in [4.78, 5) is 0. The SMILES string of the molecule is CCCCCCCCCCCCCCc1cccc(CCCCCCCCCCCCCC)c1O. The van der Waals surface area contributed by atoms with Gasteiger partial charge in [0.2, 0.25) is 0 Å². The molecule has 1 aromatic carbocycles. The minimum absolute atomic E-state index is 0.596. The molecule has 0 saturated carbocycles. The van der Waals surface area contributed by atoms with Gasteiger partial charge in [0.15, 0.2) is 0 Å². The number of phenols is 1. The molecule has 0 unspecified atom stereocenters. The molecule has 204 valence electrons. The van der Waals surface area contributed by atoms with E-state index in [9.17, 15) is 5.11 Å². The predicted molar refractivity (Wildman–Crippen MR) is 158 cm³/mol. The summed E-state index contributed by atoms with van der Waals surface area (Å²) in [6, 6.07) is 6.44. The Morgan fingerprint density at radius 3 is 0.943 bits per heavy atom. The standard InChI is InChI=1S/C34H62O/c1-3-5-7-9-11-13-15-17-19-21-23-25-28-32-30-27-31-33(34(32)35)29-26-24-22-20-18-16-14-12-10-8-6-4-2/h27,30-31,35H,3-26,28-29H2,1-2H3. The van der Waals surface area contributed by atoms with Crippen molar-refractivity contribution in [1.82, 2.24) is 0 Å². The van der Waals surface area contributed by atoms with Gasteiger partial charge in [-0.3, -0.25) is 0 Å². The van der Waals surface area contributed by atoms with Crippen LogP contribution >= 0.6 is 0 Å². The van der Waals surface area contributed by atoms with Crippen LogP contribution < -0.4 is 0 Å². The molecular formula is C34H62O. The summed E-state index contributed by atoms with van der Waals surface area (Å²) in [5.41, 5.74) is 2.35. The van der Waals surface area contributed by atoms with Gasteiger partial charge in [0.05, 0.1) is 0 Å². The van der Waals surface area contributed by atoms with Crippen LogP contribution in [0.1, 0.15) is 179 Å². The lowest BCUT2D eigenvalue weighted by atomic mass is 9.98. The highest BCUT2D eigenvalue weighted by Gasteiger charge is 2.07. The number of hydrogen-bond acceptors (Lipinski definition) is 1. The Kier molecular flexibility index (Phi) is 22.6. The third-order valence-electron chi connectivity index (χ3n) is 7.80. The second kappa shape index (κ2) is 24.7. The van der Waals surface area contributed by atoms with Gasteiger partial charge in [-0.1, -0.05) is 173 Å². The Labute approximate surface area is 220 Å². The van der Waals surface area contributed by atoms with Crippen LogP contribution in [0.3, 0.4) is 0 Å². The van der Waals surface area contributed by atoms with Crippen LogP contribution in [-0.2, 0) is 12.8 Å². The number of aromatic hydroxyl groups is 1. The van der Waals surface area contributed by atoms with E-state index in [0.29, 0.717) is 5.75 Å². The fourth-order valence-corrected chi connectivity index (χ4v) is 5.36. The summed E-state index contributed by atoms with van der Waals surface area (Å²) < 4.78 is 0. The van der Waals surface area contributed by atoms with Gasteiger partial charge in [0, 0.05) is 0 Å². The maximum absolute atomic E-state index is 10.7. The molecule has 1 aromatic rings. The Hall–Kier alpha value is -0.980. The molecule has 0 aliphatic carbocycles. The molecule has 0 bridgehead atoms. The average Bonchev–Trinajstić information content (AvgIpc) is 2.87. The van der Waals surface area contributed by atoms with E-state index in [-0.39, 0.29) is 0 Å². The van der Waals surface area contributed by atoms with Crippen molar-refractivity contribution in [2.75, 3.05) is 0 Å². The Balaban J connectivity index is 2.00. The lowest BCUT2D eigenvalue weighted by Gasteiger charge is -2.10. The van der Waals surface area contributed by atoms with E-state index in [1.54, 1.807) is 0 Å². The van der Waals surface area contributed by atoms with Crippen LogP contribution in [0.4, 0.5) is 0 Å². The molecule has 1 heteroatoms. The summed E-state index contributed by atoms with van der Waals surface area (Å²) in [6.07, 6.45) is 35.3. The van der Waals surface area contributed by atoms with Crippen molar-refractivity contribution in [3.8, 4) is 5.75 Å². The molecule has 35 heavy (non-hydrogen) atoms. The number of phenolic OH excluding ortho intramolecular Hbond substituents is 1. The maximum Gasteiger partial charge on any atom is 0.121 e. The zero-order valence-corrected chi connectivity index (χ0v) is 24.1. The number of rotatable bonds is 26. The third kappa shape index (κ3) is 18.9. The van der Waals surface area contributed by atoms with Crippen molar-refractivity contribution in [1.29, 1.82) is 0 Å². The van der Waals surface area contributed by atoms with Crippen molar-refractivity contribution in [3.63, 3.8) is 0 Å². The highest BCUT2D eigenvalue weighted by atomic mass is 16.3. The topological polar surface area (TPSA) is 20.2 Å². The first-order valence-corrected chi connectivity index (χ1v) is 16.1. The molecule has 0 atom stereocenters. The normalized spacial score (nSPS) is 11.4. The van der Waals surface area contributed by atoms with Crippen molar-refractivity contribution in [3.05, 3.63) is 29.3 Å². The zero-order valence-electron chi connectivity index (χ0n) is 24.1. The number of para-hydroxylation sites is 1. The molecule has 0 aliphatic rings. The lowest BCUT2D eigenvalue weighted by Crippen LogP contribution is -1.93. The molecule has 1 N–H and O–H groups in total. The minimum atomic E-state index is 0.596. The molecule has 0 saturated heterocycles. The van der Waals surface area contributed by atoms with E-state index in [0.717, 1.165) is 12.8 Å². The van der Waals surface area contributed by atoms with Crippen molar-refractivity contribution in [2.45, 2.75) is 181 Å². The van der Waals surface area contributed by atoms with E-state index in [2.05, 4.69) is 32.0 Å². The van der Waals surface area contributed by atoms with Gasteiger partial charge in [-0.15, -0.1) is 0 Å². The summed E-state index contributed by atoms with van der Waals surface area (Å²) in [5.74, 6) is 0.596. The molecule has 0 aliphatic heterocycles. The Morgan fingerprint density at radius 1 is 0.400 bits per heavy atom. The second-order valence-corrected chi connectivity index (χ2v) is 11.2. The number of unbranched alkanes of at least 4 members (excludes halogenated alkanes) is 22. The molecular weight excluding hydrogens is 424 g/mol. The average molecular weight is 487 g/mol. The molecule has 0 aromatic heterocycles. The van der Waals surface area contributed by atoms with Crippen molar-refractivity contribution < 1.29 is 5.11 Å². The Morgan fingerprint density at radius 2 is 0.657 bits per heavy atom. The summed E-state index contributed by atoms with van der Waals surface area (Å²) in [7, 11) is 0. The largest absolute Gasteiger partial charge is 0.507 e. The summed E-state index contributed by atoms with van der Waals surface area (Å²) in [6.45, 7) is 4.58. The molecule has 0 spiro atoms. The van der Waals surface area contributed by atoms with Crippen LogP contribution in [0.2, 0.25) is 0 Å². The molecule has 0 fully saturated rings. The van der Waals surface area contributed by atoms with Crippen LogP contribution in [0.15, 0.2) is 18.2 Å². The van der Waals surface area contributed by atoms with Gasteiger partial charge in [0.25, 0.3) is 0 Å². The van der Waals surface area contributed by atoms with Gasteiger partial charge in [-0.25, -0.2) is 0 Å². The molecule has 1 nitrogen and oxygen atoms in total. The fourth-order valence-electron chi connectivity index (χ4n) is 5.36. The molecule has 0 radical (unpaired) electrons. The minimum Gasteiger partial charge on any atom is -0.507 e. The van der Waals surface area contributed by atoms with Crippen molar-refractivity contribution >= 4 is 0 Å². The molecule has 0 heterocycles. The van der Waals surface area contributed by atoms with Gasteiger partial charge >= 0.3 is 0 Å². The maximum atomic E-state index is 10.7. The highest BCUT2D eigenvalue weighted by molar-refractivity contribution is 5.40. The van der Waals surface area contributed by atoms with Crippen LogP contribution in [0.25, 0.3) is 0 Å². The van der Waals surface area contributed by atoms with Gasteiger partial charge < -0.3 is 5.11 Å².